The summed E-state index contributed by atoms with van der Waals surface area (Å²) in [7, 11) is 1.49. The molecule has 1 N–H and O–H groups in total. The number of ether oxygens (including phenoxy) is 3. The maximum atomic E-state index is 5.52. The van der Waals surface area contributed by atoms with E-state index in [1.807, 2.05) is 37.3 Å². The molecule has 2 rings (SSSR count). The van der Waals surface area contributed by atoms with Crippen molar-refractivity contribution in [3.8, 4) is 17.8 Å². The van der Waals surface area contributed by atoms with E-state index in [2.05, 4.69) is 20.3 Å². The fraction of sp³-hybridized carbons (Fsp3) is 0.357. The van der Waals surface area contributed by atoms with Gasteiger partial charge in [0, 0.05) is 6.54 Å². The standard InChI is InChI=1S/C14H18N4O3/c1-3-15-12-16-13(19-2)18-14(17-12)21-10-9-20-11-7-5-4-6-8-11/h4-8H,3,9-10H2,1-2H3,(H,15,16,17,18). The lowest BCUT2D eigenvalue weighted by atomic mass is 10.3. The number of hydrogen-bond acceptors (Lipinski definition) is 7. The monoisotopic (exact) mass is 290 g/mol. The third-order valence-electron chi connectivity index (χ3n) is 2.44. The number of anilines is 1. The molecule has 0 atom stereocenters. The minimum atomic E-state index is 0.203. The summed E-state index contributed by atoms with van der Waals surface area (Å²) in [5, 5.41) is 2.99. The SMILES string of the molecule is CCNc1nc(OC)nc(OCCOc2ccccc2)n1. The van der Waals surface area contributed by atoms with Crippen LogP contribution in [0.1, 0.15) is 6.92 Å². The van der Waals surface area contributed by atoms with Gasteiger partial charge in [-0.2, -0.15) is 9.97 Å². The van der Waals surface area contributed by atoms with Gasteiger partial charge < -0.3 is 19.5 Å². The van der Waals surface area contributed by atoms with Crippen LogP contribution in [0.4, 0.5) is 5.95 Å². The lowest BCUT2D eigenvalue weighted by Crippen LogP contribution is -2.12. The molecule has 1 heterocycles. The van der Waals surface area contributed by atoms with Crippen molar-refractivity contribution in [1.82, 2.24) is 15.0 Å². The first-order valence-corrected chi connectivity index (χ1v) is 6.66. The Morgan fingerprint density at radius 2 is 1.67 bits per heavy atom. The van der Waals surface area contributed by atoms with Gasteiger partial charge in [-0.25, -0.2) is 0 Å². The van der Waals surface area contributed by atoms with E-state index in [4.69, 9.17) is 14.2 Å². The van der Waals surface area contributed by atoms with Gasteiger partial charge in [0.15, 0.2) is 0 Å². The molecule has 21 heavy (non-hydrogen) atoms. The molecule has 2 aromatic rings. The molecule has 0 aliphatic carbocycles. The van der Waals surface area contributed by atoms with Crippen LogP contribution in [-0.4, -0.2) is 41.8 Å². The number of aromatic nitrogens is 3. The molecular formula is C14H18N4O3. The minimum Gasteiger partial charge on any atom is -0.490 e. The molecule has 0 unspecified atom stereocenters. The number of nitrogens with one attached hydrogen (secondary N) is 1. The summed E-state index contributed by atoms with van der Waals surface area (Å²) >= 11 is 0. The zero-order valence-electron chi connectivity index (χ0n) is 12.1. The maximum Gasteiger partial charge on any atom is 0.324 e. The summed E-state index contributed by atoms with van der Waals surface area (Å²) in [5.74, 6) is 1.21. The molecule has 0 radical (unpaired) electrons. The summed E-state index contributed by atoms with van der Waals surface area (Å²) in [6.45, 7) is 3.37. The number of hydrogen-bond donors (Lipinski definition) is 1. The second-order valence-corrected chi connectivity index (χ2v) is 3.97. The van der Waals surface area contributed by atoms with Gasteiger partial charge in [0.05, 0.1) is 7.11 Å². The highest BCUT2D eigenvalue weighted by molar-refractivity contribution is 5.27. The Balaban J connectivity index is 1.86. The Kier molecular flexibility index (Phi) is 5.57. The first kappa shape index (κ1) is 14.8. The maximum absolute atomic E-state index is 5.52. The van der Waals surface area contributed by atoms with Gasteiger partial charge in [-0.3, -0.25) is 0 Å². The van der Waals surface area contributed by atoms with Crippen LogP contribution >= 0.6 is 0 Å². The Hall–Kier alpha value is -2.57. The molecule has 0 aliphatic heterocycles. The number of benzene rings is 1. The van der Waals surface area contributed by atoms with Gasteiger partial charge in [0.2, 0.25) is 5.95 Å². The van der Waals surface area contributed by atoms with Crippen LogP contribution in [0, 0.1) is 0 Å². The molecule has 0 fully saturated rings. The highest BCUT2D eigenvalue weighted by Crippen LogP contribution is 2.12. The fourth-order valence-corrected chi connectivity index (χ4v) is 1.54. The minimum absolute atomic E-state index is 0.203. The quantitative estimate of drug-likeness (QED) is 0.742. The fourth-order valence-electron chi connectivity index (χ4n) is 1.54. The zero-order valence-corrected chi connectivity index (χ0v) is 12.1. The molecule has 7 nitrogen and oxygen atoms in total. The van der Waals surface area contributed by atoms with Crippen LogP contribution < -0.4 is 19.5 Å². The highest BCUT2D eigenvalue weighted by atomic mass is 16.5. The van der Waals surface area contributed by atoms with E-state index in [9.17, 15) is 0 Å². The van der Waals surface area contributed by atoms with Gasteiger partial charge >= 0.3 is 12.0 Å². The van der Waals surface area contributed by atoms with E-state index in [1.165, 1.54) is 7.11 Å². The summed E-state index contributed by atoms with van der Waals surface area (Å²) < 4.78 is 16.0. The van der Waals surface area contributed by atoms with Crippen molar-refractivity contribution in [1.29, 1.82) is 0 Å². The first-order chi connectivity index (χ1) is 10.3. The summed E-state index contributed by atoms with van der Waals surface area (Å²) in [6.07, 6.45) is 0. The van der Waals surface area contributed by atoms with E-state index in [0.29, 0.717) is 25.7 Å². The van der Waals surface area contributed by atoms with Crippen molar-refractivity contribution in [3.63, 3.8) is 0 Å². The molecule has 0 saturated carbocycles. The molecule has 112 valence electrons. The number of rotatable bonds is 8. The van der Waals surface area contributed by atoms with Crippen molar-refractivity contribution in [3.05, 3.63) is 30.3 Å². The topological polar surface area (TPSA) is 78.4 Å². The number of para-hydroxylation sites is 1. The molecule has 0 amide bonds. The van der Waals surface area contributed by atoms with Gasteiger partial charge in [-0.05, 0) is 19.1 Å². The van der Waals surface area contributed by atoms with Crippen LogP contribution in [0.25, 0.3) is 0 Å². The van der Waals surface area contributed by atoms with Crippen molar-refractivity contribution >= 4 is 5.95 Å². The molecule has 0 aliphatic rings. The second kappa shape index (κ2) is 7.88. The predicted octanol–water partition coefficient (Wildman–Crippen LogP) is 1.77. The third-order valence-corrected chi connectivity index (χ3v) is 2.44. The highest BCUT2D eigenvalue weighted by Gasteiger charge is 2.07. The summed E-state index contributed by atoms with van der Waals surface area (Å²) in [5.41, 5.74) is 0. The lowest BCUT2D eigenvalue weighted by molar-refractivity contribution is 0.203. The van der Waals surface area contributed by atoms with Crippen molar-refractivity contribution in [2.75, 3.05) is 32.2 Å². The van der Waals surface area contributed by atoms with Crippen LogP contribution in [-0.2, 0) is 0 Å². The predicted molar refractivity (Wildman–Crippen MR) is 78.0 cm³/mol. The largest absolute Gasteiger partial charge is 0.490 e. The van der Waals surface area contributed by atoms with Gasteiger partial charge in [-0.1, -0.05) is 18.2 Å². The van der Waals surface area contributed by atoms with Crippen molar-refractivity contribution in [2.24, 2.45) is 0 Å². The van der Waals surface area contributed by atoms with Crippen LogP contribution in [0.15, 0.2) is 30.3 Å². The molecular weight excluding hydrogens is 272 g/mol. The van der Waals surface area contributed by atoms with Crippen LogP contribution in [0.5, 0.6) is 17.8 Å². The lowest BCUT2D eigenvalue weighted by Gasteiger charge is -2.09. The van der Waals surface area contributed by atoms with Gasteiger partial charge in [-0.15, -0.1) is 4.98 Å². The van der Waals surface area contributed by atoms with Gasteiger partial charge in [0.25, 0.3) is 0 Å². The normalized spacial score (nSPS) is 10.0. The van der Waals surface area contributed by atoms with Crippen molar-refractivity contribution in [2.45, 2.75) is 6.92 Å². The Morgan fingerprint density at radius 3 is 2.38 bits per heavy atom. The third kappa shape index (κ3) is 4.79. The molecule has 0 bridgehead atoms. The smallest absolute Gasteiger partial charge is 0.324 e. The Labute approximate surface area is 123 Å². The zero-order chi connectivity index (χ0) is 14.9. The first-order valence-electron chi connectivity index (χ1n) is 6.66. The number of methoxy groups -OCH3 is 1. The van der Waals surface area contributed by atoms with Crippen LogP contribution in [0.2, 0.25) is 0 Å². The van der Waals surface area contributed by atoms with E-state index >= 15 is 0 Å². The van der Waals surface area contributed by atoms with E-state index in [1.54, 1.807) is 0 Å². The van der Waals surface area contributed by atoms with E-state index in [-0.39, 0.29) is 12.0 Å². The van der Waals surface area contributed by atoms with Crippen molar-refractivity contribution < 1.29 is 14.2 Å². The average molecular weight is 290 g/mol. The summed E-state index contributed by atoms with van der Waals surface area (Å²) in [4.78, 5) is 12.2. The van der Waals surface area contributed by atoms with Gasteiger partial charge in [0.1, 0.15) is 19.0 Å². The molecule has 0 saturated heterocycles. The Morgan fingerprint density at radius 1 is 0.952 bits per heavy atom. The van der Waals surface area contributed by atoms with E-state index < -0.39 is 0 Å². The average Bonchev–Trinajstić information content (AvgIpc) is 2.53. The second-order valence-electron chi connectivity index (χ2n) is 3.97. The Bertz CT molecular complexity index is 551. The molecule has 1 aromatic heterocycles. The molecule has 1 aromatic carbocycles. The van der Waals surface area contributed by atoms with Crippen LogP contribution in [0.3, 0.4) is 0 Å². The molecule has 0 spiro atoms. The number of nitrogens with zero attached hydrogens (tertiary/aromatic N) is 3. The van der Waals surface area contributed by atoms with E-state index in [0.717, 1.165) is 5.75 Å². The summed E-state index contributed by atoms with van der Waals surface area (Å²) in [6, 6.07) is 9.94. The molecule has 7 heteroatoms.